The largest absolute Gasteiger partial charge is 0.417 e. The molecule has 3 spiro atoms. The molecule has 0 unspecified atom stereocenters. The molecular formula is C24H40O5Si. The fraction of sp³-hybridized carbons (Fsp3) is 0.875. The Hall–Kier alpha value is -0.533. The zero-order chi connectivity index (χ0) is 21.7. The third-order valence-corrected chi connectivity index (χ3v) is 13.0. The molecular weight excluding hydrogens is 396 g/mol. The van der Waals surface area contributed by atoms with Crippen LogP contribution in [0, 0.1) is 0 Å². The summed E-state index contributed by atoms with van der Waals surface area (Å²) in [5.74, 6) is 0.100. The fourth-order valence-electron chi connectivity index (χ4n) is 5.90. The van der Waals surface area contributed by atoms with E-state index in [4.69, 9.17) is 18.6 Å². The van der Waals surface area contributed by atoms with Gasteiger partial charge in [-0.15, -0.1) is 0 Å². The third-order valence-electron chi connectivity index (χ3n) is 8.45. The van der Waals surface area contributed by atoms with Crippen molar-refractivity contribution in [3.8, 4) is 0 Å². The summed E-state index contributed by atoms with van der Waals surface area (Å²) in [6.45, 7) is 14.2. The van der Waals surface area contributed by atoms with E-state index in [-0.39, 0.29) is 10.8 Å². The molecule has 0 aromatic heterocycles. The highest BCUT2D eigenvalue weighted by molar-refractivity contribution is 6.74. The van der Waals surface area contributed by atoms with E-state index in [0.717, 1.165) is 70.2 Å². The van der Waals surface area contributed by atoms with Crippen molar-refractivity contribution in [2.45, 2.75) is 107 Å². The molecule has 0 bridgehead atoms. The molecule has 5 nitrogen and oxygen atoms in total. The van der Waals surface area contributed by atoms with Gasteiger partial charge in [-0.1, -0.05) is 20.8 Å². The van der Waals surface area contributed by atoms with Gasteiger partial charge in [0.2, 0.25) is 0 Å². The summed E-state index contributed by atoms with van der Waals surface area (Å²) in [4.78, 5) is 13.5. The normalized spacial score (nSPS) is 37.1. The SMILES string of the molecule is CC(C)(C)[Si](C)(C)OCCCC1=CC(=O)[C@]2(CCCO2)[C@@]2(CCCO2)[C@@]12CCCO2. The topological polar surface area (TPSA) is 54.0 Å². The molecule has 170 valence electrons. The van der Waals surface area contributed by atoms with Crippen LogP contribution in [0.1, 0.15) is 72.1 Å². The monoisotopic (exact) mass is 436 g/mol. The number of fused-ring (bicyclic) bond motifs is 2. The lowest BCUT2D eigenvalue weighted by molar-refractivity contribution is -0.240. The molecule has 6 heteroatoms. The molecule has 30 heavy (non-hydrogen) atoms. The maximum Gasteiger partial charge on any atom is 0.191 e. The van der Waals surface area contributed by atoms with Crippen molar-refractivity contribution in [2.75, 3.05) is 26.4 Å². The molecule has 0 aromatic rings. The van der Waals surface area contributed by atoms with Gasteiger partial charge < -0.3 is 18.6 Å². The Morgan fingerprint density at radius 3 is 2.10 bits per heavy atom. The molecule has 3 aliphatic heterocycles. The van der Waals surface area contributed by atoms with Crippen molar-refractivity contribution < 1.29 is 23.4 Å². The van der Waals surface area contributed by atoms with Crippen LogP contribution in [0.4, 0.5) is 0 Å². The first-order valence-corrected chi connectivity index (χ1v) is 14.8. The van der Waals surface area contributed by atoms with Crippen LogP contribution in [-0.2, 0) is 23.4 Å². The molecule has 3 heterocycles. The lowest BCUT2D eigenvalue weighted by Gasteiger charge is -2.56. The molecule has 4 rings (SSSR count). The van der Waals surface area contributed by atoms with Crippen LogP contribution in [0.3, 0.4) is 0 Å². The number of carbonyl (C=O) groups is 1. The summed E-state index contributed by atoms with van der Waals surface area (Å²) in [5, 5.41) is 0.205. The van der Waals surface area contributed by atoms with Gasteiger partial charge in [-0.2, -0.15) is 0 Å². The van der Waals surface area contributed by atoms with E-state index in [1.807, 2.05) is 6.08 Å². The number of ether oxygens (including phenoxy) is 3. The molecule has 0 amide bonds. The highest BCUT2D eigenvalue weighted by Crippen LogP contribution is 2.60. The molecule has 0 aromatic carbocycles. The van der Waals surface area contributed by atoms with Crippen molar-refractivity contribution in [1.82, 2.24) is 0 Å². The van der Waals surface area contributed by atoms with Crippen molar-refractivity contribution >= 4 is 14.1 Å². The van der Waals surface area contributed by atoms with E-state index < -0.39 is 25.1 Å². The van der Waals surface area contributed by atoms with Crippen LogP contribution in [-0.4, -0.2) is 57.3 Å². The number of hydrogen-bond donors (Lipinski definition) is 0. The van der Waals surface area contributed by atoms with Crippen LogP contribution in [0.2, 0.25) is 18.1 Å². The van der Waals surface area contributed by atoms with Crippen LogP contribution in [0.5, 0.6) is 0 Å². The summed E-state index contributed by atoms with van der Waals surface area (Å²) < 4.78 is 25.7. The zero-order valence-corrected chi connectivity index (χ0v) is 20.6. The van der Waals surface area contributed by atoms with E-state index in [0.29, 0.717) is 13.2 Å². The minimum absolute atomic E-state index is 0.100. The smallest absolute Gasteiger partial charge is 0.191 e. The van der Waals surface area contributed by atoms with Crippen molar-refractivity contribution in [3.05, 3.63) is 11.6 Å². The lowest BCUT2D eigenvalue weighted by atomic mass is 9.58. The van der Waals surface area contributed by atoms with Gasteiger partial charge in [0, 0.05) is 26.4 Å². The second kappa shape index (κ2) is 7.80. The van der Waals surface area contributed by atoms with Crippen molar-refractivity contribution in [1.29, 1.82) is 0 Å². The second-order valence-corrected chi connectivity index (χ2v) is 15.9. The van der Waals surface area contributed by atoms with Crippen molar-refractivity contribution in [3.63, 3.8) is 0 Å². The second-order valence-electron chi connectivity index (χ2n) is 11.1. The Kier molecular flexibility index (Phi) is 5.89. The lowest BCUT2D eigenvalue weighted by Crippen LogP contribution is -2.72. The molecule has 1 aliphatic carbocycles. The fourth-order valence-corrected chi connectivity index (χ4v) is 6.98. The summed E-state index contributed by atoms with van der Waals surface area (Å²) in [6.07, 6.45) is 8.99. The molecule has 0 radical (unpaired) electrons. The molecule has 4 aliphatic rings. The molecule has 0 saturated carbocycles. The number of ketones is 1. The van der Waals surface area contributed by atoms with Crippen LogP contribution < -0.4 is 0 Å². The number of carbonyl (C=O) groups excluding carboxylic acids is 1. The Morgan fingerprint density at radius 2 is 1.57 bits per heavy atom. The molecule has 0 N–H and O–H groups in total. The Morgan fingerprint density at radius 1 is 0.967 bits per heavy atom. The Balaban J connectivity index is 1.58. The maximum absolute atomic E-state index is 13.5. The van der Waals surface area contributed by atoms with Crippen LogP contribution in [0.15, 0.2) is 11.6 Å². The van der Waals surface area contributed by atoms with Crippen LogP contribution in [0.25, 0.3) is 0 Å². The summed E-state index contributed by atoms with van der Waals surface area (Å²) >= 11 is 0. The average molecular weight is 437 g/mol. The van der Waals surface area contributed by atoms with Gasteiger partial charge in [-0.25, -0.2) is 0 Å². The first kappa shape index (κ1) is 22.7. The Bertz CT molecular complexity index is 687. The first-order valence-electron chi connectivity index (χ1n) is 11.9. The number of hydrogen-bond acceptors (Lipinski definition) is 5. The first-order chi connectivity index (χ1) is 14.1. The van der Waals surface area contributed by atoms with Crippen molar-refractivity contribution in [2.24, 2.45) is 0 Å². The average Bonchev–Trinajstić information content (AvgIpc) is 3.42. The predicted molar refractivity (Wildman–Crippen MR) is 119 cm³/mol. The van der Waals surface area contributed by atoms with Gasteiger partial charge >= 0.3 is 0 Å². The van der Waals surface area contributed by atoms with Crippen LogP contribution >= 0.6 is 0 Å². The standard InChI is InChI=1S/C24H40O5Si/c1-21(2,3)30(4,5)29-17-6-10-19-18-20(25)23(12-8-15-27-23)24(13-9-16-28-24)22(19)11-7-14-26-22/h18H,6-17H2,1-5H3/t22-,23-,24-/m1/s1. The molecule has 3 saturated heterocycles. The summed E-state index contributed by atoms with van der Waals surface area (Å²) in [7, 11) is -1.77. The van der Waals surface area contributed by atoms with Gasteiger partial charge in [0.1, 0.15) is 11.2 Å². The zero-order valence-electron chi connectivity index (χ0n) is 19.6. The quantitative estimate of drug-likeness (QED) is 0.451. The number of rotatable bonds is 5. The van der Waals surface area contributed by atoms with Gasteiger partial charge in [-0.3, -0.25) is 4.79 Å². The highest BCUT2D eigenvalue weighted by atomic mass is 28.4. The summed E-state index contributed by atoms with van der Waals surface area (Å²) in [5.41, 5.74) is -0.908. The van der Waals surface area contributed by atoms with E-state index in [2.05, 4.69) is 33.9 Å². The Labute approximate surface area is 183 Å². The molecule has 3 fully saturated rings. The summed E-state index contributed by atoms with van der Waals surface area (Å²) in [6, 6.07) is 0. The van der Waals surface area contributed by atoms with Gasteiger partial charge in [0.25, 0.3) is 0 Å². The minimum atomic E-state index is -1.77. The molecule has 3 atom stereocenters. The van der Waals surface area contributed by atoms with Gasteiger partial charge in [0.15, 0.2) is 19.7 Å². The van der Waals surface area contributed by atoms with E-state index in [9.17, 15) is 4.79 Å². The van der Waals surface area contributed by atoms with E-state index >= 15 is 0 Å². The minimum Gasteiger partial charge on any atom is -0.417 e. The predicted octanol–water partition coefficient (Wildman–Crippen LogP) is 4.95. The third kappa shape index (κ3) is 3.21. The van der Waals surface area contributed by atoms with Gasteiger partial charge in [-0.05, 0) is 81.1 Å². The maximum atomic E-state index is 13.5. The van der Waals surface area contributed by atoms with E-state index in [1.165, 1.54) is 0 Å². The van der Waals surface area contributed by atoms with Gasteiger partial charge in [0.05, 0.1) is 0 Å². The highest BCUT2D eigenvalue weighted by Gasteiger charge is 2.73. The van der Waals surface area contributed by atoms with E-state index in [1.54, 1.807) is 0 Å².